The number of rotatable bonds is 5. The highest BCUT2D eigenvalue weighted by atomic mass is 32.2. The number of nitrogens with one attached hydrogen (secondary N) is 1. The van der Waals surface area contributed by atoms with Gasteiger partial charge in [-0.2, -0.15) is 0 Å². The Morgan fingerprint density at radius 2 is 2.04 bits per heavy atom. The van der Waals surface area contributed by atoms with Crippen LogP contribution in [0.3, 0.4) is 0 Å². The monoisotopic (exact) mass is 383 g/mol. The van der Waals surface area contributed by atoms with Crippen LogP contribution < -0.4 is 5.32 Å². The number of benzene rings is 1. The molecule has 1 saturated heterocycles. The third kappa shape index (κ3) is 4.54. The van der Waals surface area contributed by atoms with E-state index in [1.54, 1.807) is 7.11 Å². The van der Waals surface area contributed by atoms with Crippen molar-refractivity contribution < 1.29 is 14.6 Å². The minimum absolute atomic E-state index is 0.197. The van der Waals surface area contributed by atoms with E-state index in [1.807, 2.05) is 36.4 Å². The van der Waals surface area contributed by atoms with Gasteiger partial charge in [0, 0.05) is 7.11 Å². The molecular weight excluding hydrogens is 358 g/mol. The Morgan fingerprint density at radius 1 is 1.30 bits per heavy atom. The fourth-order valence-corrected chi connectivity index (χ4v) is 4.85. The van der Waals surface area contributed by atoms with Gasteiger partial charge in [0.05, 0.1) is 5.37 Å². The van der Waals surface area contributed by atoms with E-state index in [2.05, 4.69) is 42.5 Å². The van der Waals surface area contributed by atoms with E-state index in [-0.39, 0.29) is 5.37 Å². The number of carbonyl (C=O) groups is 1. The summed E-state index contributed by atoms with van der Waals surface area (Å²) in [6.45, 7) is 0.652. The van der Waals surface area contributed by atoms with Gasteiger partial charge in [0.1, 0.15) is 10.9 Å². The quantitative estimate of drug-likeness (QED) is 0.759. The van der Waals surface area contributed by atoms with Gasteiger partial charge in [-0.1, -0.05) is 60.7 Å². The molecule has 0 bridgehead atoms. The van der Waals surface area contributed by atoms with Crippen LogP contribution in [0.2, 0.25) is 0 Å². The number of allylic oxidation sites excluding steroid dienone is 4. The molecule has 1 fully saturated rings. The first-order valence-electron chi connectivity index (χ1n) is 8.78. The molecule has 0 aromatic heterocycles. The van der Waals surface area contributed by atoms with Gasteiger partial charge in [0.25, 0.3) is 0 Å². The Hall–Kier alpha value is -2.26. The Morgan fingerprint density at radius 3 is 2.70 bits per heavy atom. The van der Waals surface area contributed by atoms with Crippen molar-refractivity contribution in [2.75, 3.05) is 13.7 Å². The van der Waals surface area contributed by atoms with Gasteiger partial charge in [-0.25, -0.2) is 0 Å². The van der Waals surface area contributed by atoms with Gasteiger partial charge in [-0.15, -0.1) is 24.6 Å². The average Bonchev–Trinajstić information content (AvgIpc) is 3.02. The fraction of sp³-hybridized carbons (Fsp3) is 0.318. The zero-order valence-electron chi connectivity index (χ0n) is 15.4. The van der Waals surface area contributed by atoms with Crippen LogP contribution in [0.4, 0.5) is 0 Å². The van der Waals surface area contributed by atoms with Crippen LogP contribution in [0, 0.1) is 12.8 Å². The summed E-state index contributed by atoms with van der Waals surface area (Å²) in [5.41, 5.74) is 1.27. The highest BCUT2D eigenvalue weighted by Gasteiger charge is 2.46. The normalized spacial score (nSPS) is 23.9. The summed E-state index contributed by atoms with van der Waals surface area (Å²) in [4.78, 5) is 11.6. The number of hydrogen-bond donors (Lipinski definition) is 2. The van der Waals surface area contributed by atoms with E-state index < -0.39 is 16.8 Å². The van der Waals surface area contributed by atoms with Crippen LogP contribution >= 0.6 is 11.8 Å². The molecule has 0 spiro atoms. The number of aliphatic carboxylic acids is 1. The van der Waals surface area contributed by atoms with Gasteiger partial charge >= 0.3 is 5.97 Å². The SMILES string of the molecule is C#C.CO[C@@](C1=CC=CCC=C1)(c1ccccc1)C1NCC[C@H](C(=O)O)S1. The van der Waals surface area contributed by atoms with Crippen LogP contribution in [0.5, 0.6) is 0 Å². The number of carboxylic acid groups (broad SMARTS) is 1. The lowest BCUT2D eigenvalue weighted by Gasteiger charge is -2.44. The van der Waals surface area contributed by atoms with Crippen molar-refractivity contribution in [2.24, 2.45) is 0 Å². The molecule has 2 N–H and O–H groups in total. The average molecular weight is 384 g/mol. The molecule has 27 heavy (non-hydrogen) atoms. The largest absolute Gasteiger partial charge is 0.480 e. The summed E-state index contributed by atoms with van der Waals surface area (Å²) in [6.07, 6.45) is 19.9. The maximum Gasteiger partial charge on any atom is 0.316 e. The highest BCUT2D eigenvalue weighted by molar-refractivity contribution is 8.01. The van der Waals surface area contributed by atoms with Crippen molar-refractivity contribution in [2.45, 2.75) is 29.1 Å². The smallest absolute Gasteiger partial charge is 0.316 e. The van der Waals surface area contributed by atoms with E-state index in [9.17, 15) is 9.90 Å². The van der Waals surface area contributed by atoms with Gasteiger partial charge in [0.15, 0.2) is 0 Å². The molecule has 3 rings (SSSR count). The number of methoxy groups -OCH3 is 1. The van der Waals surface area contributed by atoms with E-state index in [0.717, 1.165) is 17.6 Å². The molecule has 142 valence electrons. The van der Waals surface area contributed by atoms with Crippen molar-refractivity contribution in [1.29, 1.82) is 0 Å². The van der Waals surface area contributed by atoms with E-state index in [1.165, 1.54) is 11.8 Å². The molecule has 2 aliphatic rings. The molecular formula is C22H25NO3S. The molecule has 1 aliphatic carbocycles. The number of terminal acetylenes is 1. The summed E-state index contributed by atoms with van der Waals surface area (Å²) in [6, 6.07) is 10.0. The van der Waals surface area contributed by atoms with Crippen molar-refractivity contribution in [1.82, 2.24) is 5.32 Å². The first kappa shape index (κ1) is 21.0. The lowest BCUT2D eigenvalue weighted by Crippen LogP contribution is -2.53. The lowest BCUT2D eigenvalue weighted by atomic mass is 9.84. The molecule has 0 saturated carbocycles. The molecule has 4 nitrogen and oxygen atoms in total. The van der Waals surface area contributed by atoms with Crippen molar-refractivity contribution in [3.63, 3.8) is 0 Å². The maximum atomic E-state index is 11.6. The minimum Gasteiger partial charge on any atom is -0.480 e. The Labute approximate surface area is 165 Å². The first-order chi connectivity index (χ1) is 13.2. The van der Waals surface area contributed by atoms with Crippen LogP contribution in [0.1, 0.15) is 18.4 Å². The van der Waals surface area contributed by atoms with E-state index in [4.69, 9.17) is 4.74 Å². The second kappa shape index (κ2) is 10.2. The molecule has 1 aromatic carbocycles. The standard InChI is InChI=1S/C20H23NO3S.C2H2/c1-24-20(16-11-7-4-8-12-16,15-9-5-2-3-6-10-15)19-21-14-13-17(25-19)18(22)23;1-2/h2,4-12,17,19,21H,3,13-14H2,1H3,(H,22,23);1-2H/t17-,19?,20+;/m1./s1. The summed E-state index contributed by atoms with van der Waals surface area (Å²) in [7, 11) is 1.70. The Kier molecular flexibility index (Phi) is 7.93. The number of hydrogen-bond acceptors (Lipinski definition) is 4. The van der Waals surface area contributed by atoms with Crippen LogP contribution in [0.15, 0.2) is 66.3 Å². The molecule has 1 aliphatic heterocycles. The Bertz CT molecular complexity index is 738. The molecule has 1 heterocycles. The molecule has 1 unspecified atom stereocenters. The van der Waals surface area contributed by atoms with Gasteiger partial charge < -0.3 is 15.2 Å². The number of ether oxygens (including phenoxy) is 1. The summed E-state index contributed by atoms with van der Waals surface area (Å²) in [5, 5.41) is 12.3. The van der Waals surface area contributed by atoms with Crippen LogP contribution in [0.25, 0.3) is 0 Å². The topological polar surface area (TPSA) is 58.6 Å². The number of thioether (sulfide) groups is 1. The Balaban J connectivity index is 0.00000126. The van der Waals surface area contributed by atoms with Crippen molar-refractivity contribution >= 4 is 17.7 Å². The van der Waals surface area contributed by atoms with Gasteiger partial charge in [0.2, 0.25) is 0 Å². The van der Waals surface area contributed by atoms with Gasteiger partial charge in [-0.3, -0.25) is 4.79 Å². The third-order valence-corrected chi connectivity index (χ3v) is 6.15. The van der Waals surface area contributed by atoms with Crippen molar-refractivity contribution in [3.8, 4) is 12.8 Å². The predicted molar refractivity (Wildman–Crippen MR) is 111 cm³/mol. The predicted octanol–water partition coefficient (Wildman–Crippen LogP) is 3.73. The van der Waals surface area contributed by atoms with E-state index in [0.29, 0.717) is 13.0 Å². The zero-order valence-corrected chi connectivity index (χ0v) is 16.2. The zero-order chi connectivity index (χ0) is 19.7. The lowest BCUT2D eigenvalue weighted by molar-refractivity contribution is -0.136. The molecule has 0 radical (unpaired) electrons. The molecule has 1 aromatic rings. The summed E-state index contributed by atoms with van der Waals surface area (Å²) < 4.78 is 6.16. The molecule has 3 atom stereocenters. The third-order valence-electron chi connectivity index (χ3n) is 4.62. The van der Waals surface area contributed by atoms with Gasteiger partial charge in [-0.05, 0) is 30.5 Å². The first-order valence-corrected chi connectivity index (χ1v) is 9.72. The van der Waals surface area contributed by atoms with Crippen LogP contribution in [-0.4, -0.2) is 35.4 Å². The maximum absolute atomic E-state index is 11.6. The number of carboxylic acids is 1. The minimum atomic E-state index is -0.764. The van der Waals surface area contributed by atoms with Crippen molar-refractivity contribution in [3.05, 3.63) is 71.8 Å². The fourth-order valence-electron chi connectivity index (χ4n) is 3.37. The van der Waals surface area contributed by atoms with Crippen LogP contribution in [-0.2, 0) is 15.1 Å². The molecule has 0 amide bonds. The van der Waals surface area contributed by atoms with E-state index >= 15 is 0 Å². The second-order valence-electron chi connectivity index (χ2n) is 6.08. The summed E-state index contributed by atoms with van der Waals surface area (Å²) in [5.74, 6) is -0.764. The second-order valence-corrected chi connectivity index (χ2v) is 7.39. The molecule has 5 heteroatoms. The summed E-state index contributed by atoms with van der Waals surface area (Å²) >= 11 is 1.43. The highest BCUT2D eigenvalue weighted by Crippen LogP contribution is 2.45.